The Morgan fingerprint density at radius 1 is 0.950 bits per heavy atom. The third-order valence-electron chi connectivity index (χ3n) is 7.70. The standard InChI is InChI=1S/C18H32O2/c1-11-16-14(6-7-17(11,2)3)18(4)8-5-13(19)9-12(18)10-15(16)20/h11-16,19-20H,5-10H2,1-4H3. The predicted octanol–water partition coefficient (Wildman–Crippen LogP) is 3.61. The van der Waals surface area contributed by atoms with Gasteiger partial charge in [-0.1, -0.05) is 27.7 Å². The van der Waals surface area contributed by atoms with Crippen molar-refractivity contribution in [3.63, 3.8) is 0 Å². The van der Waals surface area contributed by atoms with E-state index in [4.69, 9.17) is 0 Å². The Kier molecular flexibility index (Phi) is 3.49. The lowest BCUT2D eigenvalue weighted by molar-refractivity contribution is -0.168. The van der Waals surface area contributed by atoms with Crippen molar-refractivity contribution in [2.75, 3.05) is 0 Å². The van der Waals surface area contributed by atoms with Gasteiger partial charge in [-0.25, -0.2) is 0 Å². The first-order valence-corrected chi connectivity index (χ1v) is 8.62. The topological polar surface area (TPSA) is 40.5 Å². The monoisotopic (exact) mass is 280 g/mol. The maximum atomic E-state index is 10.8. The molecule has 3 aliphatic rings. The van der Waals surface area contributed by atoms with Crippen molar-refractivity contribution in [2.24, 2.45) is 34.5 Å². The molecule has 0 amide bonds. The van der Waals surface area contributed by atoms with Gasteiger partial charge in [-0.3, -0.25) is 0 Å². The summed E-state index contributed by atoms with van der Waals surface area (Å²) < 4.78 is 0. The van der Waals surface area contributed by atoms with Crippen LogP contribution >= 0.6 is 0 Å². The van der Waals surface area contributed by atoms with Gasteiger partial charge < -0.3 is 10.2 Å². The van der Waals surface area contributed by atoms with E-state index in [1.165, 1.54) is 12.8 Å². The lowest BCUT2D eigenvalue weighted by atomic mass is 9.44. The van der Waals surface area contributed by atoms with Gasteiger partial charge >= 0.3 is 0 Å². The molecule has 0 bridgehead atoms. The van der Waals surface area contributed by atoms with E-state index < -0.39 is 0 Å². The zero-order chi connectivity index (χ0) is 14.7. The molecule has 7 atom stereocenters. The Hall–Kier alpha value is -0.0800. The van der Waals surface area contributed by atoms with Crippen molar-refractivity contribution in [1.29, 1.82) is 0 Å². The van der Waals surface area contributed by atoms with Crippen LogP contribution in [0.1, 0.15) is 66.2 Å². The van der Waals surface area contributed by atoms with Crippen LogP contribution in [0.15, 0.2) is 0 Å². The summed E-state index contributed by atoms with van der Waals surface area (Å²) in [6.07, 6.45) is 6.20. The normalized spacial score (nSPS) is 54.9. The Labute approximate surface area is 124 Å². The summed E-state index contributed by atoms with van der Waals surface area (Å²) in [6.45, 7) is 9.57. The first-order valence-electron chi connectivity index (χ1n) is 8.62. The van der Waals surface area contributed by atoms with E-state index in [-0.39, 0.29) is 12.2 Å². The molecule has 7 unspecified atom stereocenters. The maximum Gasteiger partial charge on any atom is 0.0576 e. The molecule has 0 radical (unpaired) electrons. The molecule has 20 heavy (non-hydrogen) atoms. The van der Waals surface area contributed by atoms with Crippen LogP contribution in [0.4, 0.5) is 0 Å². The van der Waals surface area contributed by atoms with Gasteiger partial charge in [0.05, 0.1) is 12.2 Å². The molecular formula is C18H32O2. The quantitative estimate of drug-likeness (QED) is 0.711. The molecular weight excluding hydrogens is 248 g/mol. The zero-order valence-electron chi connectivity index (χ0n) is 13.6. The lowest BCUT2D eigenvalue weighted by Crippen LogP contribution is -2.57. The number of rotatable bonds is 0. The molecule has 116 valence electrons. The van der Waals surface area contributed by atoms with Crippen molar-refractivity contribution in [3.8, 4) is 0 Å². The van der Waals surface area contributed by atoms with Crippen LogP contribution < -0.4 is 0 Å². The van der Waals surface area contributed by atoms with Gasteiger partial charge in [0, 0.05) is 0 Å². The van der Waals surface area contributed by atoms with E-state index in [0.717, 1.165) is 25.7 Å². The van der Waals surface area contributed by atoms with Crippen LogP contribution in [0.2, 0.25) is 0 Å². The van der Waals surface area contributed by atoms with Crippen molar-refractivity contribution >= 4 is 0 Å². The van der Waals surface area contributed by atoms with Gasteiger partial charge in [0.15, 0.2) is 0 Å². The SMILES string of the molecule is CC1C2C(O)CC3CC(O)CCC3(C)C2CCC1(C)C. The smallest absolute Gasteiger partial charge is 0.0576 e. The molecule has 0 aromatic rings. The maximum absolute atomic E-state index is 10.8. The summed E-state index contributed by atoms with van der Waals surface area (Å²) in [4.78, 5) is 0. The molecule has 0 heterocycles. The first-order chi connectivity index (χ1) is 9.25. The zero-order valence-corrected chi connectivity index (χ0v) is 13.6. The van der Waals surface area contributed by atoms with Gasteiger partial charge in [0.25, 0.3) is 0 Å². The van der Waals surface area contributed by atoms with Crippen molar-refractivity contribution in [2.45, 2.75) is 78.4 Å². The van der Waals surface area contributed by atoms with Crippen LogP contribution in [0, 0.1) is 34.5 Å². The Bertz CT molecular complexity index is 378. The minimum atomic E-state index is -0.155. The fraction of sp³-hybridized carbons (Fsp3) is 1.00. The van der Waals surface area contributed by atoms with Crippen LogP contribution in [0.25, 0.3) is 0 Å². The molecule has 2 heteroatoms. The second-order valence-electron chi connectivity index (χ2n) is 8.93. The molecule has 3 rings (SSSR count). The van der Waals surface area contributed by atoms with Gasteiger partial charge in [-0.15, -0.1) is 0 Å². The summed E-state index contributed by atoms with van der Waals surface area (Å²) in [5.41, 5.74) is 0.716. The molecule has 3 aliphatic carbocycles. The molecule has 2 N–H and O–H groups in total. The molecule has 0 aliphatic heterocycles. The summed E-state index contributed by atoms with van der Waals surface area (Å²) >= 11 is 0. The minimum Gasteiger partial charge on any atom is -0.393 e. The molecule has 0 spiro atoms. The third kappa shape index (κ3) is 2.06. The number of hydrogen-bond donors (Lipinski definition) is 2. The lowest BCUT2D eigenvalue weighted by Gasteiger charge is -2.61. The Balaban J connectivity index is 1.91. The summed E-state index contributed by atoms with van der Waals surface area (Å²) in [5.74, 6) is 2.25. The average Bonchev–Trinajstić information content (AvgIpc) is 2.36. The summed E-state index contributed by atoms with van der Waals surface area (Å²) in [7, 11) is 0. The van der Waals surface area contributed by atoms with Crippen LogP contribution in [0.5, 0.6) is 0 Å². The van der Waals surface area contributed by atoms with E-state index in [9.17, 15) is 10.2 Å². The highest BCUT2D eigenvalue weighted by atomic mass is 16.3. The predicted molar refractivity (Wildman–Crippen MR) is 81.2 cm³/mol. The van der Waals surface area contributed by atoms with E-state index in [1.54, 1.807) is 0 Å². The highest BCUT2D eigenvalue weighted by Gasteiger charge is 2.57. The van der Waals surface area contributed by atoms with Gasteiger partial charge in [0.1, 0.15) is 0 Å². The fourth-order valence-electron chi connectivity index (χ4n) is 5.89. The fourth-order valence-corrected chi connectivity index (χ4v) is 5.89. The summed E-state index contributed by atoms with van der Waals surface area (Å²) in [5, 5.41) is 20.8. The van der Waals surface area contributed by atoms with Gasteiger partial charge in [-0.05, 0) is 73.0 Å². The van der Waals surface area contributed by atoms with Gasteiger partial charge in [0.2, 0.25) is 0 Å². The van der Waals surface area contributed by atoms with Crippen LogP contribution in [-0.4, -0.2) is 22.4 Å². The largest absolute Gasteiger partial charge is 0.393 e. The van der Waals surface area contributed by atoms with Crippen LogP contribution in [-0.2, 0) is 0 Å². The Morgan fingerprint density at radius 2 is 1.65 bits per heavy atom. The number of hydrogen-bond acceptors (Lipinski definition) is 2. The second-order valence-corrected chi connectivity index (χ2v) is 8.93. The van der Waals surface area contributed by atoms with E-state index in [1.807, 2.05) is 0 Å². The van der Waals surface area contributed by atoms with Crippen molar-refractivity contribution < 1.29 is 10.2 Å². The molecule has 0 saturated heterocycles. The average molecular weight is 280 g/mol. The first kappa shape index (κ1) is 14.8. The molecule has 0 aromatic carbocycles. The highest BCUT2D eigenvalue weighted by Crippen LogP contribution is 2.62. The van der Waals surface area contributed by atoms with E-state index in [0.29, 0.717) is 34.5 Å². The number of aliphatic hydroxyl groups is 2. The molecule has 3 saturated carbocycles. The van der Waals surface area contributed by atoms with Crippen molar-refractivity contribution in [3.05, 3.63) is 0 Å². The number of aliphatic hydroxyl groups excluding tert-OH is 2. The minimum absolute atomic E-state index is 0.130. The molecule has 2 nitrogen and oxygen atoms in total. The second kappa shape index (κ2) is 4.71. The highest BCUT2D eigenvalue weighted by molar-refractivity contribution is 5.07. The summed E-state index contributed by atoms with van der Waals surface area (Å²) in [6, 6.07) is 0. The third-order valence-corrected chi connectivity index (χ3v) is 7.70. The number of fused-ring (bicyclic) bond motifs is 3. The van der Waals surface area contributed by atoms with E-state index >= 15 is 0 Å². The molecule has 3 fully saturated rings. The van der Waals surface area contributed by atoms with Crippen LogP contribution in [0.3, 0.4) is 0 Å². The Morgan fingerprint density at radius 3 is 2.35 bits per heavy atom. The van der Waals surface area contributed by atoms with Crippen molar-refractivity contribution in [1.82, 2.24) is 0 Å². The van der Waals surface area contributed by atoms with E-state index in [2.05, 4.69) is 27.7 Å². The molecule has 0 aromatic heterocycles. The van der Waals surface area contributed by atoms with Gasteiger partial charge in [-0.2, -0.15) is 0 Å².